The monoisotopic (exact) mass is 537 g/mol. The highest BCUT2D eigenvalue weighted by Gasteiger charge is 2.47. The third kappa shape index (κ3) is 6.19. The Balaban J connectivity index is 1.29. The number of carbonyl (C=O) groups excluding carboxylic acids is 2. The molecule has 8 nitrogen and oxygen atoms in total. The van der Waals surface area contributed by atoms with Gasteiger partial charge in [0.15, 0.2) is 0 Å². The van der Waals surface area contributed by atoms with E-state index in [1.54, 1.807) is 24.0 Å². The number of piperazine rings is 1. The number of anilines is 2. The predicted octanol–water partition coefficient (Wildman–Crippen LogP) is 5.21. The van der Waals surface area contributed by atoms with Crippen molar-refractivity contribution in [1.82, 2.24) is 14.8 Å². The minimum absolute atomic E-state index is 0.00283. The number of rotatable bonds is 5. The topological polar surface area (TPSA) is 78.0 Å². The van der Waals surface area contributed by atoms with Gasteiger partial charge >= 0.3 is 6.09 Å². The molecule has 3 aliphatic rings. The van der Waals surface area contributed by atoms with Crippen molar-refractivity contribution >= 4 is 23.5 Å². The summed E-state index contributed by atoms with van der Waals surface area (Å²) in [7, 11) is 0. The van der Waals surface area contributed by atoms with Gasteiger partial charge in [0.2, 0.25) is 5.91 Å². The Morgan fingerprint density at radius 1 is 1.10 bits per heavy atom. The van der Waals surface area contributed by atoms with Crippen LogP contribution in [-0.4, -0.2) is 64.6 Å². The average molecular weight is 538 g/mol. The molecule has 39 heavy (non-hydrogen) atoms. The minimum Gasteiger partial charge on any atom is -0.444 e. The van der Waals surface area contributed by atoms with Crippen LogP contribution >= 0.6 is 0 Å². The van der Waals surface area contributed by atoms with E-state index in [0.29, 0.717) is 25.6 Å². The summed E-state index contributed by atoms with van der Waals surface area (Å²) in [6.45, 7) is 12.8. The molecule has 1 saturated carbocycles. The first-order valence-electron chi connectivity index (χ1n) is 14.0. The molecule has 2 aromatic rings. The maximum absolute atomic E-state index is 14.4. The number of hydrogen-bond donors (Lipinski definition) is 1. The second-order valence-electron chi connectivity index (χ2n) is 12.2. The van der Waals surface area contributed by atoms with Crippen molar-refractivity contribution in [1.29, 1.82) is 0 Å². The second-order valence-corrected chi connectivity index (χ2v) is 12.2. The number of nitrogens with one attached hydrogen (secondary N) is 1. The summed E-state index contributed by atoms with van der Waals surface area (Å²) >= 11 is 0. The van der Waals surface area contributed by atoms with E-state index in [9.17, 15) is 14.0 Å². The van der Waals surface area contributed by atoms with Gasteiger partial charge in [-0.3, -0.25) is 9.69 Å². The van der Waals surface area contributed by atoms with Crippen molar-refractivity contribution in [2.45, 2.75) is 71.7 Å². The molecule has 2 fully saturated rings. The summed E-state index contributed by atoms with van der Waals surface area (Å²) in [4.78, 5) is 35.9. The third-order valence-corrected chi connectivity index (χ3v) is 7.91. The van der Waals surface area contributed by atoms with Gasteiger partial charge in [0.25, 0.3) is 0 Å². The lowest BCUT2D eigenvalue weighted by Gasteiger charge is -2.45. The van der Waals surface area contributed by atoms with E-state index >= 15 is 0 Å². The number of carbonyl (C=O) groups is 2. The van der Waals surface area contributed by atoms with Crippen molar-refractivity contribution in [3.8, 4) is 0 Å². The Hall–Kier alpha value is -3.20. The number of aromatic nitrogens is 1. The number of fused-ring (bicyclic) bond motifs is 1. The fourth-order valence-electron chi connectivity index (χ4n) is 5.99. The Morgan fingerprint density at radius 2 is 1.82 bits per heavy atom. The van der Waals surface area contributed by atoms with Crippen molar-refractivity contribution in [2.24, 2.45) is 11.8 Å². The van der Waals surface area contributed by atoms with Gasteiger partial charge in [0, 0.05) is 62.9 Å². The summed E-state index contributed by atoms with van der Waals surface area (Å²) in [6, 6.07) is 10.6. The molecule has 1 aromatic heterocycles. The second kappa shape index (κ2) is 10.8. The minimum atomic E-state index is -0.503. The molecule has 0 unspecified atom stereocenters. The van der Waals surface area contributed by atoms with Crippen LogP contribution in [-0.2, 0) is 16.1 Å². The largest absolute Gasteiger partial charge is 0.444 e. The van der Waals surface area contributed by atoms with Gasteiger partial charge in [0.05, 0.1) is 11.7 Å². The number of halogens is 1. The Morgan fingerprint density at radius 3 is 2.46 bits per heavy atom. The van der Waals surface area contributed by atoms with E-state index in [2.05, 4.69) is 17.1 Å². The zero-order valence-corrected chi connectivity index (χ0v) is 23.6. The van der Waals surface area contributed by atoms with Crippen LogP contribution in [0.2, 0.25) is 0 Å². The highest BCUT2D eigenvalue weighted by molar-refractivity contribution is 5.94. The zero-order chi connectivity index (χ0) is 27.9. The van der Waals surface area contributed by atoms with Crippen LogP contribution in [0.4, 0.5) is 20.7 Å². The standard InChI is InChI=1S/C30H40FN5O3/c1-19-27(24-17-22(31)11-12-25(24)36(20(2)37)28(19)21-9-10-21)33-26-8-6-7-23(32-26)18-34-13-15-35(16-14-34)29(38)39-30(3,4)5/h6-8,11-12,17,19,21,27-28H,9-10,13-16,18H2,1-5H3,(H,32,33)/t19-,27-,28+/m1/s1. The summed E-state index contributed by atoms with van der Waals surface area (Å²) in [5.74, 6) is 0.968. The lowest BCUT2D eigenvalue weighted by molar-refractivity contribution is -0.117. The number of ether oxygens (including phenoxy) is 1. The molecule has 0 spiro atoms. The first-order chi connectivity index (χ1) is 18.5. The van der Waals surface area contributed by atoms with Gasteiger partial charge in [-0.15, -0.1) is 0 Å². The van der Waals surface area contributed by atoms with Crippen molar-refractivity contribution in [3.63, 3.8) is 0 Å². The molecule has 1 aliphatic carbocycles. The fraction of sp³-hybridized carbons (Fsp3) is 0.567. The number of amides is 2. The molecule has 2 amide bonds. The van der Waals surface area contributed by atoms with E-state index in [-0.39, 0.29) is 35.8 Å². The predicted molar refractivity (Wildman–Crippen MR) is 149 cm³/mol. The molecule has 1 aromatic carbocycles. The third-order valence-electron chi connectivity index (χ3n) is 7.91. The van der Waals surface area contributed by atoms with E-state index in [0.717, 1.165) is 48.7 Å². The van der Waals surface area contributed by atoms with E-state index in [1.807, 2.05) is 43.9 Å². The summed E-state index contributed by atoms with van der Waals surface area (Å²) < 4.78 is 19.9. The van der Waals surface area contributed by atoms with E-state index in [4.69, 9.17) is 9.72 Å². The number of pyridine rings is 1. The fourth-order valence-corrected chi connectivity index (χ4v) is 5.99. The lowest BCUT2D eigenvalue weighted by atomic mass is 9.80. The molecule has 0 radical (unpaired) electrons. The Bertz CT molecular complexity index is 1220. The smallest absolute Gasteiger partial charge is 0.410 e. The van der Waals surface area contributed by atoms with Gasteiger partial charge < -0.3 is 19.9 Å². The van der Waals surface area contributed by atoms with Crippen molar-refractivity contribution < 1.29 is 18.7 Å². The van der Waals surface area contributed by atoms with Crippen LogP contribution in [0.3, 0.4) is 0 Å². The maximum atomic E-state index is 14.4. The SMILES string of the molecule is CC(=O)N1c2ccc(F)cc2[C@H](Nc2cccc(CN3CCN(C(=O)OC(C)(C)C)CC3)n2)[C@@H](C)[C@H]1C1CC1. The van der Waals surface area contributed by atoms with Crippen LogP contribution in [0.25, 0.3) is 0 Å². The quantitative estimate of drug-likeness (QED) is 0.565. The van der Waals surface area contributed by atoms with Crippen LogP contribution in [0.5, 0.6) is 0 Å². The van der Waals surface area contributed by atoms with Gasteiger partial charge in [-0.25, -0.2) is 14.2 Å². The molecule has 1 N–H and O–H groups in total. The van der Waals surface area contributed by atoms with Gasteiger partial charge in [-0.1, -0.05) is 13.0 Å². The number of hydrogen-bond acceptors (Lipinski definition) is 6. The summed E-state index contributed by atoms with van der Waals surface area (Å²) in [6.07, 6.45) is 1.95. The molecule has 0 bridgehead atoms. The molecule has 3 heterocycles. The van der Waals surface area contributed by atoms with E-state index < -0.39 is 5.60 Å². The number of benzene rings is 1. The normalized spacial score (nSPS) is 23.8. The van der Waals surface area contributed by atoms with Crippen molar-refractivity contribution in [3.05, 3.63) is 53.5 Å². The molecular weight excluding hydrogens is 497 g/mol. The van der Waals surface area contributed by atoms with Crippen LogP contribution in [0.15, 0.2) is 36.4 Å². The molecule has 210 valence electrons. The molecule has 9 heteroatoms. The zero-order valence-electron chi connectivity index (χ0n) is 23.6. The van der Waals surface area contributed by atoms with Gasteiger partial charge in [0.1, 0.15) is 17.2 Å². The summed E-state index contributed by atoms with van der Waals surface area (Å²) in [5, 5.41) is 3.60. The highest BCUT2D eigenvalue weighted by atomic mass is 19.1. The van der Waals surface area contributed by atoms with Crippen molar-refractivity contribution in [2.75, 3.05) is 36.4 Å². The van der Waals surface area contributed by atoms with Gasteiger partial charge in [-0.05, 0) is 69.9 Å². The molecule has 1 saturated heterocycles. The Labute approximate surface area is 230 Å². The maximum Gasteiger partial charge on any atom is 0.410 e. The van der Waals surface area contributed by atoms with Crippen LogP contribution in [0.1, 0.15) is 64.8 Å². The van der Waals surface area contributed by atoms with Crippen LogP contribution < -0.4 is 10.2 Å². The highest BCUT2D eigenvalue weighted by Crippen LogP contribution is 2.50. The first-order valence-corrected chi connectivity index (χ1v) is 14.0. The molecular formula is C30H40FN5O3. The average Bonchev–Trinajstić information content (AvgIpc) is 3.70. The molecule has 3 atom stereocenters. The lowest BCUT2D eigenvalue weighted by Crippen LogP contribution is -2.51. The molecule has 5 rings (SSSR count). The van der Waals surface area contributed by atoms with Gasteiger partial charge in [-0.2, -0.15) is 0 Å². The molecule has 2 aliphatic heterocycles. The first kappa shape index (κ1) is 27.4. The van der Waals surface area contributed by atoms with Crippen LogP contribution in [0, 0.1) is 17.7 Å². The van der Waals surface area contributed by atoms with E-state index in [1.165, 1.54) is 6.07 Å². The Kier molecular flexibility index (Phi) is 7.55. The number of nitrogens with zero attached hydrogens (tertiary/aromatic N) is 4. The summed E-state index contributed by atoms with van der Waals surface area (Å²) in [5.41, 5.74) is 2.00.